The van der Waals surface area contributed by atoms with Crippen LogP contribution in [0.4, 0.5) is 0 Å². The van der Waals surface area contributed by atoms with Crippen LogP contribution < -0.4 is 5.32 Å². The van der Waals surface area contributed by atoms with Crippen molar-refractivity contribution in [1.29, 1.82) is 0 Å². The number of halogens is 1. The average molecular weight is 226 g/mol. The van der Waals surface area contributed by atoms with Gasteiger partial charge in [0.05, 0.1) is 5.25 Å². The van der Waals surface area contributed by atoms with Gasteiger partial charge in [0.2, 0.25) is 0 Å². The van der Waals surface area contributed by atoms with Crippen LogP contribution in [0, 0.1) is 0 Å². The van der Waals surface area contributed by atoms with Crippen LogP contribution in [0.5, 0.6) is 0 Å². The van der Waals surface area contributed by atoms with Crippen LogP contribution in [0.3, 0.4) is 0 Å². The molecule has 1 fully saturated rings. The van der Waals surface area contributed by atoms with Crippen molar-refractivity contribution in [2.45, 2.75) is 25.0 Å². The molecule has 0 aromatic rings. The number of rotatable bonds is 2. The summed E-state index contributed by atoms with van der Waals surface area (Å²) in [5.74, 6) is 0. The molecule has 1 atom stereocenters. The fourth-order valence-corrected chi connectivity index (χ4v) is 2.85. The van der Waals surface area contributed by atoms with E-state index in [0.29, 0.717) is 6.54 Å². The molecule has 1 aliphatic rings. The van der Waals surface area contributed by atoms with Gasteiger partial charge in [0.25, 0.3) is 0 Å². The minimum Gasteiger partial charge on any atom is -0.315 e. The Hall–Kier alpha value is -0.0600. The van der Waals surface area contributed by atoms with Gasteiger partial charge in [-0.3, -0.25) is 0 Å². The Morgan fingerprint density at radius 2 is 2.15 bits per heavy atom. The van der Waals surface area contributed by atoms with E-state index in [9.17, 15) is 8.42 Å². The summed E-state index contributed by atoms with van der Waals surface area (Å²) in [5, 5.41) is 4.19. The summed E-state index contributed by atoms with van der Waals surface area (Å²) < 4.78 is 22.9. The predicted molar refractivity (Wildman–Crippen MR) is 56.9 cm³/mol. The molecule has 1 unspecified atom stereocenters. The molecule has 0 aromatic heterocycles. The molecule has 78 valence electrons. The molecule has 5 heteroatoms. The van der Waals surface area contributed by atoms with Gasteiger partial charge in [-0.25, -0.2) is 8.42 Å². The topological polar surface area (TPSA) is 46.2 Å². The van der Waals surface area contributed by atoms with E-state index in [0.717, 1.165) is 19.4 Å². The largest absolute Gasteiger partial charge is 0.315 e. The minimum absolute atomic E-state index is 0. The Bertz CT molecular complexity index is 255. The molecule has 0 bridgehead atoms. The van der Waals surface area contributed by atoms with Gasteiger partial charge in [0.15, 0.2) is 9.84 Å². The molecule has 1 N–H and O–H groups in total. The fourth-order valence-electron chi connectivity index (χ4n) is 1.40. The van der Waals surface area contributed by atoms with Crippen LogP contribution in [-0.4, -0.2) is 26.8 Å². The molecule has 0 amide bonds. The van der Waals surface area contributed by atoms with Crippen molar-refractivity contribution in [3.63, 3.8) is 0 Å². The average Bonchev–Trinajstić information content (AvgIpc) is 2.06. The highest BCUT2D eigenvalue weighted by molar-refractivity contribution is 7.94. The lowest BCUT2D eigenvalue weighted by Gasteiger charge is -2.20. The van der Waals surface area contributed by atoms with Crippen molar-refractivity contribution >= 4 is 22.2 Å². The summed E-state index contributed by atoms with van der Waals surface area (Å²) in [6, 6.07) is 0. The van der Waals surface area contributed by atoms with Gasteiger partial charge in [-0.05, 0) is 26.3 Å². The molecule has 0 spiro atoms. The van der Waals surface area contributed by atoms with Crippen molar-refractivity contribution in [2.75, 3.05) is 13.1 Å². The summed E-state index contributed by atoms with van der Waals surface area (Å²) in [7, 11) is -2.98. The van der Waals surface area contributed by atoms with E-state index in [4.69, 9.17) is 0 Å². The smallest absolute Gasteiger partial charge is 0.175 e. The van der Waals surface area contributed by atoms with E-state index in [-0.39, 0.29) is 17.7 Å². The van der Waals surface area contributed by atoms with Gasteiger partial charge >= 0.3 is 0 Å². The first-order valence-corrected chi connectivity index (χ1v) is 5.85. The summed E-state index contributed by atoms with van der Waals surface area (Å²) in [6.45, 7) is 3.28. The molecule has 0 aliphatic carbocycles. The molecule has 1 saturated heterocycles. The van der Waals surface area contributed by atoms with Crippen molar-refractivity contribution < 1.29 is 8.42 Å². The lowest BCUT2D eigenvalue weighted by Crippen LogP contribution is -2.37. The van der Waals surface area contributed by atoms with E-state index in [1.807, 2.05) is 0 Å². The highest BCUT2D eigenvalue weighted by Crippen LogP contribution is 2.13. The van der Waals surface area contributed by atoms with Gasteiger partial charge in [-0.2, -0.15) is 0 Å². The molecule has 0 aromatic carbocycles. The normalized spacial score (nSPS) is 24.2. The summed E-state index contributed by atoms with van der Waals surface area (Å²) in [6.07, 6.45) is 3.34. The Kier molecular flexibility index (Phi) is 5.60. The monoisotopic (exact) mass is 225 g/mol. The second kappa shape index (κ2) is 5.62. The van der Waals surface area contributed by atoms with Crippen molar-refractivity contribution in [3.05, 3.63) is 11.5 Å². The van der Waals surface area contributed by atoms with E-state index in [2.05, 4.69) is 5.32 Å². The van der Waals surface area contributed by atoms with Crippen LogP contribution in [0.15, 0.2) is 11.5 Å². The third-order valence-corrected chi connectivity index (χ3v) is 4.03. The van der Waals surface area contributed by atoms with Crippen molar-refractivity contribution in [2.24, 2.45) is 0 Å². The van der Waals surface area contributed by atoms with E-state index in [1.54, 1.807) is 13.0 Å². The highest BCUT2D eigenvalue weighted by Gasteiger charge is 2.24. The molecule has 13 heavy (non-hydrogen) atoms. The Morgan fingerprint density at radius 3 is 2.62 bits per heavy atom. The molecule has 0 saturated carbocycles. The van der Waals surface area contributed by atoms with Crippen LogP contribution in [0.25, 0.3) is 0 Å². The maximum Gasteiger partial charge on any atom is 0.175 e. The van der Waals surface area contributed by atoms with Gasteiger partial charge in [0.1, 0.15) is 0 Å². The Morgan fingerprint density at radius 1 is 1.46 bits per heavy atom. The zero-order valence-electron chi connectivity index (χ0n) is 7.69. The van der Waals surface area contributed by atoms with Crippen LogP contribution in [-0.2, 0) is 9.84 Å². The molecule has 1 heterocycles. The molecule has 1 aliphatic heterocycles. The lowest BCUT2D eigenvalue weighted by atomic mass is 10.2. The second-order valence-corrected chi connectivity index (χ2v) is 5.14. The first-order chi connectivity index (χ1) is 5.67. The van der Waals surface area contributed by atoms with Crippen molar-refractivity contribution in [3.8, 4) is 0 Å². The van der Waals surface area contributed by atoms with Crippen LogP contribution >= 0.6 is 12.4 Å². The molecule has 3 nitrogen and oxygen atoms in total. The third kappa shape index (κ3) is 3.67. The van der Waals surface area contributed by atoms with E-state index < -0.39 is 9.84 Å². The third-order valence-electron chi connectivity index (χ3n) is 2.04. The number of hydrogen-bond acceptors (Lipinski definition) is 3. The fraction of sp³-hybridized carbons (Fsp3) is 0.750. The van der Waals surface area contributed by atoms with E-state index >= 15 is 0 Å². The van der Waals surface area contributed by atoms with Crippen LogP contribution in [0.2, 0.25) is 0 Å². The molecule has 1 rings (SSSR count). The molecular formula is C8H16ClNO2S. The quantitative estimate of drug-likeness (QED) is 0.766. The van der Waals surface area contributed by atoms with Crippen molar-refractivity contribution in [1.82, 2.24) is 5.32 Å². The summed E-state index contributed by atoms with van der Waals surface area (Å²) >= 11 is 0. The SMILES string of the molecule is C/C=C/S(=O)(=O)C1CCCNC1.Cl. The molecule has 0 radical (unpaired) electrons. The maximum absolute atomic E-state index is 11.5. The van der Waals surface area contributed by atoms with Gasteiger partial charge in [-0.1, -0.05) is 6.08 Å². The van der Waals surface area contributed by atoms with Crippen LogP contribution in [0.1, 0.15) is 19.8 Å². The zero-order chi connectivity index (χ0) is 9.03. The Balaban J connectivity index is 0.00000144. The second-order valence-electron chi connectivity index (χ2n) is 3.03. The number of nitrogens with one attached hydrogen (secondary N) is 1. The predicted octanol–water partition coefficient (Wildman–Crippen LogP) is 1.11. The summed E-state index contributed by atoms with van der Waals surface area (Å²) in [5.41, 5.74) is 0. The summed E-state index contributed by atoms with van der Waals surface area (Å²) in [4.78, 5) is 0. The number of hydrogen-bond donors (Lipinski definition) is 1. The van der Waals surface area contributed by atoms with Gasteiger partial charge < -0.3 is 5.32 Å². The number of piperidine rings is 1. The first kappa shape index (κ1) is 12.9. The lowest BCUT2D eigenvalue weighted by molar-refractivity contribution is 0.501. The van der Waals surface area contributed by atoms with E-state index in [1.165, 1.54) is 5.41 Å². The minimum atomic E-state index is -2.98. The Labute approximate surface area is 85.9 Å². The van der Waals surface area contributed by atoms with Gasteiger partial charge in [-0.15, -0.1) is 12.4 Å². The maximum atomic E-state index is 11.5. The zero-order valence-corrected chi connectivity index (χ0v) is 9.33. The molecular weight excluding hydrogens is 210 g/mol. The number of sulfone groups is 1. The standard InChI is InChI=1S/C8H15NO2S.ClH/c1-2-6-12(10,11)8-4-3-5-9-7-8;/h2,6,8-9H,3-5,7H2,1H3;1H/b6-2+;. The highest BCUT2D eigenvalue weighted by atomic mass is 35.5. The van der Waals surface area contributed by atoms with Gasteiger partial charge in [0, 0.05) is 12.0 Å². The first-order valence-electron chi connectivity index (χ1n) is 4.24. The number of allylic oxidation sites excluding steroid dienone is 1.